The summed E-state index contributed by atoms with van der Waals surface area (Å²) in [4.78, 5) is 12.0. The van der Waals surface area contributed by atoms with Gasteiger partial charge in [0.05, 0.1) is 13.1 Å². The van der Waals surface area contributed by atoms with Gasteiger partial charge in [-0.25, -0.2) is 4.79 Å². The van der Waals surface area contributed by atoms with E-state index in [9.17, 15) is 4.79 Å². The van der Waals surface area contributed by atoms with Crippen molar-refractivity contribution in [2.24, 2.45) is 0 Å². The number of aryl methyl sites for hydroxylation is 1. The highest BCUT2D eigenvalue weighted by Crippen LogP contribution is 2.10. The molecule has 0 atom stereocenters. The van der Waals surface area contributed by atoms with Crippen molar-refractivity contribution in [1.29, 1.82) is 0 Å². The van der Waals surface area contributed by atoms with E-state index in [0.29, 0.717) is 13.1 Å². The lowest BCUT2D eigenvalue weighted by Gasteiger charge is -2.09. The number of urea groups is 1. The number of nitrogens with zero attached hydrogens (tertiary/aromatic N) is 5. The average Bonchev–Trinajstić information content (AvgIpc) is 3.26. The molecular weight excluding hydrogens is 306 g/mol. The van der Waals surface area contributed by atoms with Crippen molar-refractivity contribution >= 4 is 11.7 Å². The molecule has 0 aliphatic heterocycles. The minimum atomic E-state index is -0.277. The van der Waals surface area contributed by atoms with E-state index >= 15 is 0 Å². The number of carbonyl (C=O) groups excluding carboxylic acids is 1. The highest BCUT2D eigenvalue weighted by Gasteiger charge is 2.06. The standard InChI is InChI=1S/C16H19N7O/c1-2-22-12-18-21-15(22)10-17-16(24)20-14-6-4-13(5-7-14)11-23-9-3-8-19-23/h3-9,12H,2,10-11H2,1H3,(H2,17,20,24). The second-order valence-electron chi connectivity index (χ2n) is 5.24. The molecule has 2 amide bonds. The fraction of sp³-hybridized carbons (Fsp3) is 0.250. The number of hydrogen-bond donors (Lipinski definition) is 2. The number of rotatable bonds is 6. The minimum absolute atomic E-state index is 0.277. The van der Waals surface area contributed by atoms with Crippen molar-refractivity contribution in [1.82, 2.24) is 29.9 Å². The van der Waals surface area contributed by atoms with Crippen molar-refractivity contribution < 1.29 is 4.79 Å². The minimum Gasteiger partial charge on any atom is -0.331 e. The summed E-state index contributed by atoms with van der Waals surface area (Å²) in [7, 11) is 0. The molecule has 0 unspecified atom stereocenters. The summed E-state index contributed by atoms with van der Waals surface area (Å²) >= 11 is 0. The predicted octanol–water partition coefficient (Wildman–Crippen LogP) is 1.86. The molecule has 8 heteroatoms. The molecule has 3 aromatic rings. The van der Waals surface area contributed by atoms with E-state index in [0.717, 1.165) is 23.6 Å². The second kappa shape index (κ2) is 7.40. The molecule has 24 heavy (non-hydrogen) atoms. The molecular formula is C16H19N7O. The van der Waals surface area contributed by atoms with Gasteiger partial charge in [-0.3, -0.25) is 4.68 Å². The summed E-state index contributed by atoms with van der Waals surface area (Å²) in [5, 5.41) is 17.5. The first kappa shape index (κ1) is 15.7. The zero-order valence-corrected chi connectivity index (χ0v) is 13.4. The van der Waals surface area contributed by atoms with E-state index in [2.05, 4.69) is 25.9 Å². The number of carbonyl (C=O) groups is 1. The molecule has 1 aromatic carbocycles. The van der Waals surface area contributed by atoms with E-state index in [1.165, 1.54) is 0 Å². The van der Waals surface area contributed by atoms with Crippen LogP contribution in [0.4, 0.5) is 10.5 Å². The van der Waals surface area contributed by atoms with Gasteiger partial charge in [0.2, 0.25) is 0 Å². The molecule has 0 radical (unpaired) electrons. The Hall–Kier alpha value is -3.16. The summed E-state index contributed by atoms with van der Waals surface area (Å²) < 4.78 is 3.73. The topological polar surface area (TPSA) is 89.7 Å². The number of anilines is 1. The van der Waals surface area contributed by atoms with Crippen molar-refractivity contribution in [3.05, 3.63) is 60.4 Å². The van der Waals surface area contributed by atoms with Crippen molar-refractivity contribution in [3.8, 4) is 0 Å². The largest absolute Gasteiger partial charge is 0.331 e. The van der Waals surface area contributed by atoms with E-state index < -0.39 is 0 Å². The first-order valence-corrected chi connectivity index (χ1v) is 7.72. The Kier molecular flexibility index (Phi) is 4.85. The normalized spacial score (nSPS) is 10.5. The molecule has 0 saturated heterocycles. The number of amides is 2. The summed E-state index contributed by atoms with van der Waals surface area (Å²) in [6, 6.07) is 9.27. The summed E-state index contributed by atoms with van der Waals surface area (Å²) in [5.74, 6) is 0.724. The third-order valence-electron chi connectivity index (χ3n) is 3.56. The molecule has 0 fully saturated rings. The summed E-state index contributed by atoms with van der Waals surface area (Å²) in [5.41, 5.74) is 1.84. The van der Waals surface area contributed by atoms with E-state index in [-0.39, 0.29) is 6.03 Å². The molecule has 2 N–H and O–H groups in total. The van der Waals surface area contributed by atoms with Crippen LogP contribution in [0.25, 0.3) is 0 Å². The van der Waals surface area contributed by atoms with Gasteiger partial charge in [-0.1, -0.05) is 12.1 Å². The Bertz CT molecular complexity index is 777. The van der Waals surface area contributed by atoms with Gasteiger partial charge in [0, 0.05) is 24.6 Å². The molecule has 2 aromatic heterocycles. The van der Waals surface area contributed by atoms with Gasteiger partial charge in [-0.15, -0.1) is 10.2 Å². The van der Waals surface area contributed by atoms with Gasteiger partial charge >= 0.3 is 6.03 Å². The molecule has 0 aliphatic rings. The molecule has 3 rings (SSSR count). The van der Waals surface area contributed by atoms with Crippen molar-refractivity contribution in [3.63, 3.8) is 0 Å². The monoisotopic (exact) mass is 325 g/mol. The summed E-state index contributed by atoms with van der Waals surface area (Å²) in [6.45, 7) is 3.80. The van der Waals surface area contributed by atoms with Crippen LogP contribution >= 0.6 is 0 Å². The van der Waals surface area contributed by atoms with Crippen LogP contribution in [0, 0.1) is 0 Å². The maximum atomic E-state index is 12.0. The smallest absolute Gasteiger partial charge is 0.319 e. The lowest BCUT2D eigenvalue weighted by molar-refractivity contribution is 0.251. The first-order chi connectivity index (χ1) is 11.7. The fourth-order valence-electron chi connectivity index (χ4n) is 2.29. The van der Waals surface area contributed by atoms with Crippen LogP contribution in [0.5, 0.6) is 0 Å². The third-order valence-corrected chi connectivity index (χ3v) is 3.56. The van der Waals surface area contributed by atoms with Crippen LogP contribution in [-0.2, 0) is 19.6 Å². The highest BCUT2D eigenvalue weighted by atomic mass is 16.2. The van der Waals surface area contributed by atoms with Crippen LogP contribution in [0.15, 0.2) is 49.1 Å². The highest BCUT2D eigenvalue weighted by molar-refractivity contribution is 5.89. The molecule has 0 spiro atoms. The Morgan fingerprint density at radius 2 is 2.08 bits per heavy atom. The van der Waals surface area contributed by atoms with Gasteiger partial charge in [-0.2, -0.15) is 5.10 Å². The maximum Gasteiger partial charge on any atom is 0.319 e. The Morgan fingerprint density at radius 3 is 2.79 bits per heavy atom. The van der Waals surface area contributed by atoms with Gasteiger partial charge in [0.1, 0.15) is 6.33 Å². The van der Waals surface area contributed by atoms with Crippen LogP contribution in [-0.4, -0.2) is 30.6 Å². The van der Waals surface area contributed by atoms with E-state index in [1.807, 2.05) is 52.7 Å². The van der Waals surface area contributed by atoms with Gasteiger partial charge in [0.15, 0.2) is 5.82 Å². The number of aromatic nitrogens is 5. The van der Waals surface area contributed by atoms with Crippen LogP contribution < -0.4 is 10.6 Å². The molecule has 0 bridgehead atoms. The zero-order valence-electron chi connectivity index (χ0n) is 13.4. The number of hydrogen-bond acceptors (Lipinski definition) is 4. The molecule has 0 saturated carbocycles. The fourth-order valence-corrected chi connectivity index (χ4v) is 2.29. The van der Waals surface area contributed by atoms with Gasteiger partial charge in [0.25, 0.3) is 0 Å². The van der Waals surface area contributed by atoms with Gasteiger partial charge in [-0.05, 0) is 30.7 Å². The quantitative estimate of drug-likeness (QED) is 0.724. The molecule has 2 heterocycles. The Morgan fingerprint density at radius 1 is 1.25 bits per heavy atom. The van der Waals surface area contributed by atoms with E-state index in [1.54, 1.807) is 12.5 Å². The van der Waals surface area contributed by atoms with Gasteiger partial charge < -0.3 is 15.2 Å². The molecule has 8 nitrogen and oxygen atoms in total. The van der Waals surface area contributed by atoms with Crippen LogP contribution in [0.1, 0.15) is 18.3 Å². The number of nitrogens with one attached hydrogen (secondary N) is 2. The molecule has 0 aliphatic carbocycles. The SMILES string of the molecule is CCn1cnnc1CNC(=O)Nc1ccc(Cn2cccn2)cc1. The number of benzene rings is 1. The second-order valence-corrected chi connectivity index (χ2v) is 5.24. The average molecular weight is 325 g/mol. The zero-order chi connectivity index (χ0) is 16.8. The lowest BCUT2D eigenvalue weighted by Crippen LogP contribution is -2.29. The summed E-state index contributed by atoms with van der Waals surface area (Å²) in [6.07, 6.45) is 5.31. The maximum absolute atomic E-state index is 12.0. The Labute approximate surface area is 139 Å². The van der Waals surface area contributed by atoms with Crippen molar-refractivity contribution in [2.45, 2.75) is 26.6 Å². The van der Waals surface area contributed by atoms with E-state index in [4.69, 9.17) is 0 Å². The van der Waals surface area contributed by atoms with Crippen LogP contribution in [0.2, 0.25) is 0 Å². The Balaban J connectivity index is 1.51. The first-order valence-electron chi connectivity index (χ1n) is 7.72. The molecule has 124 valence electrons. The van der Waals surface area contributed by atoms with Crippen LogP contribution in [0.3, 0.4) is 0 Å². The predicted molar refractivity (Wildman–Crippen MR) is 89.3 cm³/mol. The third kappa shape index (κ3) is 3.97. The van der Waals surface area contributed by atoms with Crippen molar-refractivity contribution in [2.75, 3.05) is 5.32 Å². The lowest BCUT2D eigenvalue weighted by atomic mass is 10.2.